The summed E-state index contributed by atoms with van der Waals surface area (Å²) < 4.78 is 35.1. The molecule has 0 bridgehead atoms. The maximum atomic E-state index is 12.0. The third kappa shape index (κ3) is 7.65. The molecule has 0 aliphatic heterocycles. The molecule has 1 rings (SSSR count). The van der Waals surface area contributed by atoms with E-state index in [0.29, 0.717) is 11.7 Å². The maximum absolute atomic E-state index is 12.0. The highest BCUT2D eigenvalue weighted by Gasteiger charge is 2.26. The minimum absolute atomic E-state index is 0.0766. The average Bonchev–Trinajstić information content (AvgIpc) is 2.54. The van der Waals surface area contributed by atoms with E-state index in [9.17, 15) is 12.6 Å². The topological polar surface area (TPSA) is 87.6 Å². The summed E-state index contributed by atoms with van der Waals surface area (Å²) in [5.74, 6) is 1.60. The number of hydrogen-bond donors (Lipinski definition) is 2. The van der Waals surface area contributed by atoms with Gasteiger partial charge in [0, 0.05) is 40.1 Å². The molecule has 3 atom stereocenters. The fourth-order valence-electron chi connectivity index (χ4n) is 2.70. The van der Waals surface area contributed by atoms with Crippen LogP contribution < -0.4 is 10.6 Å². The largest absolute Gasteiger partial charge is 0.357 e. The lowest BCUT2D eigenvalue weighted by atomic mass is 9.95. The second-order valence-electron chi connectivity index (χ2n) is 5.80. The number of nitrogens with one attached hydrogen (secondary N) is 2. The van der Waals surface area contributed by atoms with Crippen LogP contribution in [0.3, 0.4) is 0 Å². The van der Waals surface area contributed by atoms with Crippen molar-refractivity contribution in [1.82, 2.24) is 10.6 Å². The van der Waals surface area contributed by atoms with Crippen LogP contribution >= 0.6 is 0 Å². The van der Waals surface area contributed by atoms with Gasteiger partial charge in [-0.3, -0.25) is 9.20 Å². The number of hydrogen-bond acceptors (Lipinski definition) is 4. The molecule has 0 aromatic heterocycles. The van der Waals surface area contributed by atoms with Gasteiger partial charge in [-0.1, -0.05) is 20.3 Å². The van der Waals surface area contributed by atoms with E-state index in [4.69, 9.17) is 0 Å². The second kappa shape index (κ2) is 10.3. The zero-order valence-electron chi connectivity index (χ0n) is 14.5. The SMILES string of the molecule is CCNC(=NCCS(=O)(=O)CC)NC1CCCC(S(=O)CC)C1. The van der Waals surface area contributed by atoms with Crippen molar-refractivity contribution >= 4 is 26.6 Å². The minimum atomic E-state index is -2.99. The summed E-state index contributed by atoms with van der Waals surface area (Å²) in [7, 11) is -3.74. The van der Waals surface area contributed by atoms with Gasteiger partial charge in [0.2, 0.25) is 0 Å². The maximum Gasteiger partial charge on any atom is 0.191 e. The van der Waals surface area contributed by atoms with Gasteiger partial charge >= 0.3 is 0 Å². The molecule has 0 spiro atoms. The molecule has 0 saturated heterocycles. The smallest absolute Gasteiger partial charge is 0.191 e. The van der Waals surface area contributed by atoms with Gasteiger partial charge in [-0.25, -0.2) is 8.42 Å². The molecule has 1 saturated carbocycles. The van der Waals surface area contributed by atoms with Crippen LogP contribution in [0.5, 0.6) is 0 Å². The van der Waals surface area contributed by atoms with Crippen molar-refractivity contribution in [2.45, 2.75) is 57.7 Å². The highest BCUT2D eigenvalue weighted by Crippen LogP contribution is 2.22. The molecule has 2 N–H and O–H groups in total. The van der Waals surface area contributed by atoms with E-state index in [2.05, 4.69) is 15.6 Å². The third-order valence-electron chi connectivity index (χ3n) is 4.08. The van der Waals surface area contributed by atoms with Crippen molar-refractivity contribution in [3.05, 3.63) is 0 Å². The van der Waals surface area contributed by atoms with Gasteiger partial charge in [0.05, 0.1) is 12.3 Å². The first kappa shape index (κ1) is 20.4. The zero-order chi connectivity index (χ0) is 17.3. The third-order valence-corrected chi connectivity index (χ3v) is 7.50. The van der Waals surface area contributed by atoms with E-state index in [1.807, 2.05) is 13.8 Å². The van der Waals surface area contributed by atoms with E-state index in [1.54, 1.807) is 6.92 Å². The summed E-state index contributed by atoms with van der Waals surface area (Å²) in [6.45, 7) is 6.59. The first-order chi connectivity index (χ1) is 10.9. The number of guanidine groups is 1. The minimum Gasteiger partial charge on any atom is -0.357 e. The second-order valence-corrected chi connectivity index (χ2v) is 10.3. The Labute approximate surface area is 143 Å². The van der Waals surface area contributed by atoms with E-state index < -0.39 is 20.6 Å². The zero-order valence-corrected chi connectivity index (χ0v) is 16.1. The fourth-order valence-corrected chi connectivity index (χ4v) is 4.71. The molecule has 0 aromatic rings. The summed E-state index contributed by atoms with van der Waals surface area (Å²) >= 11 is 0. The van der Waals surface area contributed by atoms with Gasteiger partial charge in [0.1, 0.15) is 0 Å². The standard InChI is InChI=1S/C15H31N3O3S2/c1-4-16-15(17-10-11-23(20,21)6-3)18-13-8-7-9-14(12-13)22(19)5-2/h13-14H,4-12H2,1-3H3,(H2,16,17,18). The molecular weight excluding hydrogens is 334 g/mol. The van der Waals surface area contributed by atoms with Crippen LogP contribution in [0.25, 0.3) is 0 Å². The van der Waals surface area contributed by atoms with Gasteiger partial charge < -0.3 is 10.6 Å². The van der Waals surface area contributed by atoms with Gasteiger partial charge in [-0.2, -0.15) is 0 Å². The lowest BCUT2D eigenvalue weighted by Gasteiger charge is -2.30. The predicted octanol–water partition coefficient (Wildman–Crippen LogP) is 1.06. The molecule has 3 unspecified atom stereocenters. The van der Waals surface area contributed by atoms with E-state index in [-0.39, 0.29) is 29.3 Å². The van der Waals surface area contributed by atoms with Crippen molar-refractivity contribution in [2.24, 2.45) is 4.99 Å². The van der Waals surface area contributed by atoms with Crippen molar-refractivity contribution in [3.63, 3.8) is 0 Å². The van der Waals surface area contributed by atoms with Crippen LogP contribution in [0, 0.1) is 0 Å². The molecule has 136 valence electrons. The molecule has 8 heteroatoms. The Morgan fingerprint density at radius 2 is 2.00 bits per heavy atom. The molecule has 23 heavy (non-hydrogen) atoms. The number of sulfone groups is 1. The van der Waals surface area contributed by atoms with Crippen LogP contribution in [0.2, 0.25) is 0 Å². The Hall–Kier alpha value is -0.630. The first-order valence-corrected chi connectivity index (χ1v) is 11.7. The molecule has 1 aliphatic carbocycles. The van der Waals surface area contributed by atoms with Crippen LogP contribution in [0.15, 0.2) is 4.99 Å². The summed E-state index contributed by atoms with van der Waals surface area (Å²) in [5, 5.41) is 6.80. The monoisotopic (exact) mass is 365 g/mol. The van der Waals surface area contributed by atoms with Gasteiger partial charge in [-0.05, 0) is 26.2 Å². The molecule has 0 amide bonds. The number of aliphatic imine (C=N–C) groups is 1. The average molecular weight is 366 g/mol. The number of nitrogens with zero attached hydrogens (tertiary/aromatic N) is 1. The summed E-state index contributed by atoms with van der Waals surface area (Å²) in [6, 6.07) is 0.254. The van der Waals surface area contributed by atoms with Gasteiger partial charge in [0.25, 0.3) is 0 Å². The molecule has 0 radical (unpaired) electrons. The highest BCUT2D eigenvalue weighted by atomic mass is 32.2. The Morgan fingerprint density at radius 3 is 2.61 bits per heavy atom. The highest BCUT2D eigenvalue weighted by molar-refractivity contribution is 7.91. The van der Waals surface area contributed by atoms with Crippen molar-refractivity contribution in [2.75, 3.05) is 30.3 Å². The quantitative estimate of drug-likeness (QED) is 0.496. The molecule has 0 aromatic carbocycles. The van der Waals surface area contributed by atoms with Crippen molar-refractivity contribution < 1.29 is 12.6 Å². The molecule has 0 heterocycles. The first-order valence-electron chi connectivity index (χ1n) is 8.54. The van der Waals surface area contributed by atoms with Gasteiger partial charge in [0.15, 0.2) is 15.8 Å². The molecule has 6 nitrogen and oxygen atoms in total. The normalized spacial score (nSPS) is 24.2. The fraction of sp³-hybridized carbons (Fsp3) is 0.933. The molecule has 1 fully saturated rings. The van der Waals surface area contributed by atoms with E-state index in [1.165, 1.54) is 0 Å². The van der Waals surface area contributed by atoms with E-state index >= 15 is 0 Å². The van der Waals surface area contributed by atoms with E-state index in [0.717, 1.165) is 32.2 Å². The Bertz CT molecular complexity index is 506. The predicted molar refractivity (Wildman–Crippen MR) is 98.2 cm³/mol. The summed E-state index contributed by atoms with van der Waals surface area (Å²) in [5.41, 5.74) is 0. The summed E-state index contributed by atoms with van der Waals surface area (Å²) in [6.07, 6.45) is 4.02. The summed E-state index contributed by atoms with van der Waals surface area (Å²) in [4.78, 5) is 4.37. The van der Waals surface area contributed by atoms with Crippen LogP contribution in [-0.2, 0) is 20.6 Å². The Morgan fingerprint density at radius 1 is 1.26 bits per heavy atom. The Kier molecular flexibility index (Phi) is 9.12. The molecule has 1 aliphatic rings. The van der Waals surface area contributed by atoms with Crippen LogP contribution in [0.1, 0.15) is 46.5 Å². The number of rotatable bonds is 8. The lowest BCUT2D eigenvalue weighted by molar-refractivity contribution is 0.413. The Balaban J connectivity index is 2.59. The molecular formula is C15H31N3O3S2. The van der Waals surface area contributed by atoms with Crippen molar-refractivity contribution in [3.8, 4) is 0 Å². The van der Waals surface area contributed by atoms with Crippen LogP contribution in [-0.4, -0.2) is 60.2 Å². The lowest BCUT2D eigenvalue weighted by Crippen LogP contribution is -2.46. The van der Waals surface area contributed by atoms with Crippen LogP contribution in [0.4, 0.5) is 0 Å². The van der Waals surface area contributed by atoms with Crippen molar-refractivity contribution in [1.29, 1.82) is 0 Å². The van der Waals surface area contributed by atoms with Gasteiger partial charge in [-0.15, -0.1) is 0 Å².